The number of aryl methyl sites for hydroxylation is 1. The van der Waals surface area contributed by atoms with E-state index in [2.05, 4.69) is 5.32 Å². The number of carbonyl (C=O) groups is 1. The first-order chi connectivity index (χ1) is 17.0. The van der Waals surface area contributed by atoms with Gasteiger partial charge in [0.25, 0.3) is 0 Å². The van der Waals surface area contributed by atoms with Crippen molar-refractivity contribution in [3.05, 3.63) is 71.0 Å². The largest absolute Gasteiger partial charge is 0.481 e. The summed E-state index contributed by atoms with van der Waals surface area (Å²) in [5, 5.41) is 13.0. The molecule has 3 rings (SSSR count). The molecule has 2 aromatic rings. The van der Waals surface area contributed by atoms with Gasteiger partial charge < -0.3 is 15.2 Å². The normalized spacial score (nSPS) is 20.2. The van der Waals surface area contributed by atoms with Crippen LogP contribution in [0.25, 0.3) is 0 Å². The van der Waals surface area contributed by atoms with Crippen molar-refractivity contribution < 1.29 is 32.2 Å². The van der Waals surface area contributed by atoms with Crippen LogP contribution in [0, 0.1) is 17.7 Å². The highest BCUT2D eigenvalue weighted by Gasteiger charge is 2.47. The Balaban J connectivity index is 0.00000481. The fourth-order valence-corrected chi connectivity index (χ4v) is 5.73. The number of halogens is 5. The number of fused-ring (bicyclic) bond motifs is 1. The van der Waals surface area contributed by atoms with E-state index >= 15 is 0 Å². The molecule has 0 spiro atoms. The van der Waals surface area contributed by atoms with E-state index in [0.717, 1.165) is 23.1 Å². The molecule has 2 N–H and O–H groups in total. The third-order valence-corrected chi connectivity index (χ3v) is 7.36. The highest BCUT2D eigenvalue weighted by Crippen LogP contribution is 2.50. The number of hydrogen-bond donors (Lipinski definition) is 2. The summed E-state index contributed by atoms with van der Waals surface area (Å²) >= 11 is 0. The summed E-state index contributed by atoms with van der Waals surface area (Å²) < 4.78 is 57.4. The first-order valence-electron chi connectivity index (χ1n) is 12.4. The van der Waals surface area contributed by atoms with Gasteiger partial charge in [-0.1, -0.05) is 50.2 Å². The zero-order valence-electron chi connectivity index (χ0n) is 21.2. The lowest BCUT2D eigenvalue weighted by Gasteiger charge is -2.48. The Hall–Kier alpha value is -2.16. The summed E-state index contributed by atoms with van der Waals surface area (Å²) in [7, 11) is 0. The molecule has 0 bridgehead atoms. The molecule has 0 saturated carbocycles. The van der Waals surface area contributed by atoms with E-state index < -0.39 is 30.3 Å². The Morgan fingerprint density at radius 3 is 2.51 bits per heavy atom. The van der Waals surface area contributed by atoms with Crippen LogP contribution in [0.5, 0.6) is 0 Å². The number of nitrogens with one attached hydrogen (secondary N) is 1. The zero-order valence-corrected chi connectivity index (χ0v) is 22.0. The van der Waals surface area contributed by atoms with Crippen LogP contribution in [-0.4, -0.2) is 43.1 Å². The SMILES string of the molecule is CC(C)C1(CC(=O)O)c2ccc(F)cc2CCC1CCNCC(Cc1ccccc1)OCC(F)(F)F.Cl. The quantitative estimate of drug-likeness (QED) is 0.241. The van der Waals surface area contributed by atoms with Gasteiger partial charge in [0.05, 0.1) is 12.5 Å². The average molecular weight is 546 g/mol. The second kappa shape index (κ2) is 13.6. The van der Waals surface area contributed by atoms with Crippen molar-refractivity contribution in [3.8, 4) is 0 Å². The maximum atomic E-state index is 13.9. The van der Waals surface area contributed by atoms with Crippen molar-refractivity contribution >= 4 is 18.4 Å². The van der Waals surface area contributed by atoms with E-state index in [0.29, 0.717) is 25.8 Å². The molecular weight excluding hydrogens is 510 g/mol. The molecule has 2 aromatic carbocycles. The van der Waals surface area contributed by atoms with Gasteiger partial charge >= 0.3 is 12.1 Å². The van der Waals surface area contributed by atoms with Crippen LogP contribution < -0.4 is 5.32 Å². The molecular formula is C28H36ClF4NO3. The third kappa shape index (κ3) is 8.42. The van der Waals surface area contributed by atoms with E-state index in [9.17, 15) is 27.5 Å². The van der Waals surface area contributed by atoms with Gasteiger partial charge in [0.15, 0.2) is 0 Å². The first-order valence-corrected chi connectivity index (χ1v) is 12.4. The van der Waals surface area contributed by atoms with Crippen molar-refractivity contribution in [1.29, 1.82) is 0 Å². The van der Waals surface area contributed by atoms with E-state index in [1.807, 2.05) is 44.2 Å². The van der Waals surface area contributed by atoms with Crippen LogP contribution in [0.2, 0.25) is 0 Å². The number of hydrogen-bond acceptors (Lipinski definition) is 3. The molecule has 0 radical (unpaired) electrons. The average Bonchev–Trinajstić information content (AvgIpc) is 2.80. The number of carboxylic acids is 1. The lowest BCUT2D eigenvalue weighted by Crippen LogP contribution is -2.47. The minimum Gasteiger partial charge on any atom is -0.481 e. The molecule has 0 aliphatic heterocycles. The number of aliphatic carboxylic acids is 1. The fraction of sp³-hybridized carbons (Fsp3) is 0.536. The van der Waals surface area contributed by atoms with Gasteiger partial charge in [-0.3, -0.25) is 4.79 Å². The number of rotatable bonds is 12. The molecule has 3 atom stereocenters. The highest BCUT2D eigenvalue weighted by atomic mass is 35.5. The van der Waals surface area contributed by atoms with Crippen LogP contribution in [0.15, 0.2) is 48.5 Å². The molecule has 0 fully saturated rings. The lowest BCUT2D eigenvalue weighted by atomic mass is 9.55. The molecule has 1 aliphatic rings. The predicted molar refractivity (Wildman–Crippen MR) is 138 cm³/mol. The van der Waals surface area contributed by atoms with Crippen molar-refractivity contribution in [2.24, 2.45) is 11.8 Å². The zero-order chi connectivity index (χ0) is 26.3. The molecule has 0 amide bonds. The minimum atomic E-state index is -4.41. The monoisotopic (exact) mass is 545 g/mol. The van der Waals surface area contributed by atoms with Crippen molar-refractivity contribution in [2.75, 3.05) is 19.7 Å². The summed E-state index contributed by atoms with van der Waals surface area (Å²) in [6.07, 6.45) is -2.73. The first kappa shape index (κ1) is 31.1. The second-order valence-corrected chi connectivity index (χ2v) is 10.0. The molecule has 9 heteroatoms. The van der Waals surface area contributed by atoms with Crippen molar-refractivity contribution in [2.45, 2.75) is 63.6 Å². The van der Waals surface area contributed by atoms with Crippen LogP contribution in [-0.2, 0) is 27.8 Å². The fourth-order valence-electron chi connectivity index (χ4n) is 5.73. The van der Waals surface area contributed by atoms with Gasteiger partial charge in [-0.2, -0.15) is 13.2 Å². The maximum Gasteiger partial charge on any atom is 0.411 e. The van der Waals surface area contributed by atoms with E-state index in [4.69, 9.17) is 4.74 Å². The topological polar surface area (TPSA) is 58.6 Å². The van der Waals surface area contributed by atoms with Crippen LogP contribution >= 0.6 is 12.4 Å². The van der Waals surface area contributed by atoms with Crippen molar-refractivity contribution in [3.63, 3.8) is 0 Å². The standard InChI is InChI=1S/C28H35F4NO3.ClH/c1-19(2)27(16-26(34)35)22(9-8-21-15-23(29)10-11-25(21)27)12-13-33-17-24(36-18-28(30,31)32)14-20-6-4-3-5-7-20;/h3-7,10-11,15,19,22,24,33H,8-9,12-14,16-18H2,1-2H3,(H,34,35);1H. The minimum absolute atomic E-state index is 0. The predicted octanol–water partition coefficient (Wildman–Crippen LogP) is 6.35. The Labute approximate surface area is 222 Å². The Morgan fingerprint density at radius 2 is 1.89 bits per heavy atom. The summed E-state index contributed by atoms with van der Waals surface area (Å²) in [6, 6.07) is 13.9. The molecule has 206 valence electrons. The van der Waals surface area contributed by atoms with Crippen molar-refractivity contribution in [1.82, 2.24) is 5.32 Å². The summed E-state index contributed by atoms with van der Waals surface area (Å²) in [5.41, 5.74) is 2.00. The molecule has 3 unspecified atom stereocenters. The Bertz CT molecular complexity index is 1000. The van der Waals surface area contributed by atoms with Crippen LogP contribution in [0.4, 0.5) is 17.6 Å². The van der Waals surface area contributed by atoms with Crippen LogP contribution in [0.1, 0.15) is 49.8 Å². The lowest BCUT2D eigenvalue weighted by molar-refractivity contribution is -0.184. The molecule has 4 nitrogen and oxygen atoms in total. The summed E-state index contributed by atoms with van der Waals surface area (Å²) in [6.45, 7) is 3.45. The van der Waals surface area contributed by atoms with E-state index in [1.54, 1.807) is 6.07 Å². The highest BCUT2D eigenvalue weighted by molar-refractivity contribution is 5.85. The van der Waals surface area contributed by atoms with Gasteiger partial charge in [0, 0.05) is 12.0 Å². The molecule has 1 aliphatic carbocycles. The molecule has 0 saturated heterocycles. The number of benzene rings is 2. The third-order valence-electron chi connectivity index (χ3n) is 7.36. The van der Waals surface area contributed by atoms with Gasteiger partial charge in [0.1, 0.15) is 12.4 Å². The Morgan fingerprint density at radius 1 is 1.19 bits per heavy atom. The van der Waals surface area contributed by atoms with E-state index in [-0.39, 0.29) is 43.0 Å². The smallest absolute Gasteiger partial charge is 0.411 e. The van der Waals surface area contributed by atoms with Gasteiger partial charge in [-0.15, -0.1) is 12.4 Å². The van der Waals surface area contributed by atoms with Gasteiger partial charge in [-0.05, 0) is 72.9 Å². The van der Waals surface area contributed by atoms with Gasteiger partial charge in [0.2, 0.25) is 0 Å². The number of alkyl halides is 3. The molecule has 0 aromatic heterocycles. The number of ether oxygens (including phenoxy) is 1. The second-order valence-electron chi connectivity index (χ2n) is 10.0. The van der Waals surface area contributed by atoms with Crippen LogP contribution in [0.3, 0.4) is 0 Å². The molecule has 37 heavy (non-hydrogen) atoms. The summed E-state index contributed by atoms with van der Waals surface area (Å²) in [4.78, 5) is 11.9. The summed E-state index contributed by atoms with van der Waals surface area (Å²) in [5.74, 6) is -1.20. The maximum absolute atomic E-state index is 13.9. The Kier molecular flexibility index (Phi) is 11.4. The van der Waals surface area contributed by atoms with E-state index in [1.165, 1.54) is 12.1 Å². The van der Waals surface area contributed by atoms with Gasteiger partial charge in [-0.25, -0.2) is 4.39 Å². The molecule has 0 heterocycles. The number of carboxylic acid groups (broad SMARTS) is 1.